The molecule has 0 heterocycles. The summed E-state index contributed by atoms with van der Waals surface area (Å²) in [4.78, 5) is 2.03. The standard InChI is InChI=1S/C13H28N2O/c1-11-7-5-6-8-12(11)14-9-13(2,16)10-15(3)4/h11-12,14,16H,5-10H2,1-4H3. The zero-order valence-corrected chi connectivity index (χ0v) is 11.3. The van der Waals surface area contributed by atoms with Gasteiger partial charge in [0.2, 0.25) is 0 Å². The molecule has 3 heteroatoms. The summed E-state index contributed by atoms with van der Waals surface area (Å²) in [6.45, 7) is 5.63. The van der Waals surface area contributed by atoms with Gasteiger partial charge in [-0.2, -0.15) is 0 Å². The third-order valence-corrected chi connectivity index (χ3v) is 3.51. The van der Waals surface area contributed by atoms with E-state index in [0.29, 0.717) is 19.1 Å². The van der Waals surface area contributed by atoms with Gasteiger partial charge in [-0.05, 0) is 39.8 Å². The van der Waals surface area contributed by atoms with Gasteiger partial charge >= 0.3 is 0 Å². The van der Waals surface area contributed by atoms with Gasteiger partial charge < -0.3 is 15.3 Å². The molecule has 3 unspecified atom stereocenters. The molecule has 1 aliphatic rings. The molecule has 0 aromatic heterocycles. The molecule has 1 saturated carbocycles. The molecule has 96 valence electrons. The first-order valence-corrected chi connectivity index (χ1v) is 6.51. The summed E-state index contributed by atoms with van der Waals surface area (Å²) < 4.78 is 0. The van der Waals surface area contributed by atoms with Gasteiger partial charge in [-0.25, -0.2) is 0 Å². The van der Waals surface area contributed by atoms with Gasteiger partial charge in [-0.1, -0.05) is 19.8 Å². The average molecular weight is 228 g/mol. The largest absolute Gasteiger partial charge is 0.388 e. The van der Waals surface area contributed by atoms with Crippen molar-refractivity contribution in [2.45, 2.75) is 51.2 Å². The van der Waals surface area contributed by atoms with Crippen LogP contribution >= 0.6 is 0 Å². The van der Waals surface area contributed by atoms with Crippen molar-refractivity contribution in [3.05, 3.63) is 0 Å². The maximum atomic E-state index is 10.2. The fourth-order valence-electron chi connectivity index (χ4n) is 2.71. The number of likely N-dealkylation sites (N-methyl/N-ethyl adjacent to an activating group) is 1. The van der Waals surface area contributed by atoms with Crippen LogP contribution in [0.25, 0.3) is 0 Å². The summed E-state index contributed by atoms with van der Waals surface area (Å²) in [5.41, 5.74) is -0.624. The topological polar surface area (TPSA) is 35.5 Å². The van der Waals surface area contributed by atoms with E-state index in [1.807, 2.05) is 25.9 Å². The smallest absolute Gasteiger partial charge is 0.0869 e. The number of hydrogen-bond donors (Lipinski definition) is 2. The second-order valence-corrected chi connectivity index (χ2v) is 5.98. The van der Waals surface area contributed by atoms with Crippen LogP contribution in [0.3, 0.4) is 0 Å². The van der Waals surface area contributed by atoms with E-state index in [0.717, 1.165) is 5.92 Å². The minimum Gasteiger partial charge on any atom is -0.388 e. The second kappa shape index (κ2) is 5.99. The molecule has 0 aliphatic heterocycles. The normalized spacial score (nSPS) is 30.4. The first-order valence-electron chi connectivity index (χ1n) is 6.51. The highest BCUT2D eigenvalue weighted by Gasteiger charge is 2.26. The van der Waals surface area contributed by atoms with Crippen LogP contribution in [0.2, 0.25) is 0 Å². The lowest BCUT2D eigenvalue weighted by Gasteiger charge is -2.34. The fourth-order valence-corrected chi connectivity index (χ4v) is 2.71. The van der Waals surface area contributed by atoms with E-state index in [-0.39, 0.29) is 0 Å². The lowest BCUT2D eigenvalue weighted by atomic mass is 9.85. The molecule has 1 rings (SSSR count). The SMILES string of the molecule is CC1CCCCC1NCC(C)(O)CN(C)C. The van der Waals surface area contributed by atoms with Gasteiger partial charge in [0, 0.05) is 19.1 Å². The van der Waals surface area contributed by atoms with E-state index >= 15 is 0 Å². The molecule has 1 fully saturated rings. The molecule has 0 radical (unpaired) electrons. The predicted molar refractivity (Wildman–Crippen MR) is 68.6 cm³/mol. The van der Waals surface area contributed by atoms with Gasteiger partial charge in [-0.3, -0.25) is 0 Å². The van der Waals surface area contributed by atoms with E-state index in [2.05, 4.69) is 12.2 Å². The maximum Gasteiger partial charge on any atom is 0.0869 e. The van der Waals surface area contributed by atoms with Gasteiger partial charge in [0.15, 0.2) is 0 Å². The summed E-state index contributed by atoms with van der Waals surface area (Å²) >= 11 is 0. The highest BCUT2D eigenvalue weighted by Crippen LogP contribution is 2.23. The van der Waals surface area contributed by atoms with Gasteiger partial charge in [-0.15, -0.1) is 0 Å². The zero-order valence-electron chi connectivity index (χ0n) is 11.3. The molecule has 0 saturated heterocycles. The van der Waals surface area contributed by atoms with Crippen molar-refractivity contribution in [2.24, 2.45) is 5.92 Å². The van der Waals surface area contributed by atoms with Crippen LogP contribution in [0.5, 0.6) is 0 Å². The molecule has 3 atom stereocenters. The Balaban J connectivity index is 2.31. The van der Waals surface area contributed by atoms with E-state index in [9.17, 15) is 5.11 Å². The Morgan fingerprint density at radius 1 is 1.31 bits per heavy atom. The minimum absolute atomic E-state index is 0.599. The molecule has 0 spiro atoms. The molecule has 2 N–H and O–H groups in total. The Labute approximate surface area is 100 Å². The number of hydrogen-bond acceptors (Lipinski definition) is 3. The molecular weight excluding hydrogens is 200 g/mol. The summed E-state index contributed by atoms with van der Waals surface area (Å²) in [6, 6.07) is 0.599. The number of aliphatic hydroxyl groups is 1. The minimum atomic E-state index is -0.624. The van der Waals surface area contributed by atoms with Crippen molar-refractivity contribution >= 4 is 0 Å². The third-order valence-electron chi connectivity index (χ3n) is 3.51. The highest BCUT2D eigenvalue weighted by atomic mass is 16.3. The van der Waals surface area contributed by atoms with E-state index < -0.39 is 5.60 Å². The van der Waals surface area contributed by atoms with Crippen LogP contribution in [0.15, 0.2) is 0 Å². The van der Waals surface area contributed by atoms with Crippen molar-refractivity contribution in [2.75, 3.05) is 27.2 Å². The van der Waals surface area contributed by atoms with E-state index in [1.165, 1.54) is 25.7 Å². The molecule has 16 heavy (non-hydrogen) atoms. The Kier molecular flexibility index (Phi) is 5.22. The van der Waals surface area contributed by atoms with Crippen molar-refractivity contribution in [1.82, 2.24) is 10.2 Å². The molecule has 1 aliphatic carbocycles. The lowest BCUT2D eigenvalue weighted by Crippen LogP contribution is -2.50. The van der Waals surface area contributed by atoms with Crippen molar-refractivity contribution in [3.63, 3.8) is 0 Å². The van der Waals surface area contributed by atoms with Crippen molar-refractivity contribution in [1.29, 1.82) is 0 Å². The third kappa shape index (κ3) is 4.81. The summed E-state index contributed by atoms with van der Waals surface area (Å²) in [5.74, 6) is 0.754. The van der Waals surface area contributed by atoms with Crippen LogP contribution in [0.4, 0.5) is 0 Å². The summed E-state index contributed by atoms with van der Waals surface area (Å²) in [7, 11) is 4.00. The lowest BCUT2D eigenvalue weighted by molar-refractivity contribution is 0.0281. The molecular formula is C13H28N2O. The Morgan fingerprint density at radius 3 is 2.50 bits per heavy atom. The number of rotatable bonds is 5. The van der Waals surface area contributed by atoms with Crippen LogP contribution in [0.1, 0.15) is 39.5 Å². The first-order chi connectivity index (χ1) is 7.41. The summed E-state index contributed by atoms with van der Waals surface area (Å²) in [6.07, 6.45) is 5.29. The highest BCUT2D eigenvalue weighted by molar-refractivity contribution is 4.84. The monoisotopic (exact) mass is 228 g/mol. The van der Waals surface area contributed by atoms with Crippen LogP contribution in [-0.4, -0.2) is 48.8 Å². The average Bonchev–Trinajstić information content (AvgIpc) is 2.14. The van der Waals surface area contributed by atoms with Gasteiger partial charge in [0.25, 0.3) is 0 Å². The second-order valence-electron chi connectivity index (χ2n) is 5.98. The number of nitrogens with one attached hydrogen (secondary N) is 1. The van der Waals surface area contributed by atoms with E-state index in [1.54, 1.807) is 0 Å². The fraction of sp³-hybridized carbons (Fsp3) is 1.00. The van der Waals surface area contributed by atoms with Crippen molar-refractivity contribution < 1.29 is 5.11 Å². The Morgan fingerprint density at radius 2 is 1.94 bits per heavy atom. The Bertz CT molecular complexity index is 204. The van der Waals surface area contributed by atoms with Crippen LogP contribution in [-0.2, 0) is 0 Å². The quantitative estimate of drug-likeness (QED) is 0.748. The number of nitrogens with zero attached hydrogens (tertiary/aromatic N) is 1. The molecule has 0 bridgehead atoms. The zero-order chi connectivity index (χ0) is 12.2. The predicted octanol–water partition coefficient (Wildman–Crippen LogP) is 1.47. The molecule has 3 nitrogen and oxygen atoms in total. The molecule has 0 amide bonds. The van der Waals surface area contributed by atoms with Gasteiger partial charge in [0.05, 0.1) is 5.60 Å². The van der Waals surface area contributed by atoms with Crippen LogP contribution in [0, 0.1) is 5.92 Å². The molecule has 0 aromatic rings. The first kappa shape index (κ1) is 13.9. The van der Waals surface area contributed by atoms with Crippen molar-refractivity contribution in [3.8, 4) is 0 Å². The van der Waals surface area contributed by atoms with E-state index in [4.69, 9.17) is 0 Å². The maximum absolute atomic E-state index is 10.2. The molecule has 0 aromatic carbocycles. The van der Waals surface area contributed by atoms with Crippen LogP contribution < -0.4 is 5.32 Å². The van der Waals surface area contributed by atoms with Gasteiger partial charge in [0.1, 0.15) is 0 Å². The Hall–Kier alpha value is -0.120. The summed E-state index contributed by atoms with van der Waals surface area (Å²) in [5, 5.41) is 13.7.